The van der Waals surface area contributed by atoms with Gasteiger partial charge in [0.1, 0.15) is 0 Å². The maximum atomic E-state index is 6.14. The SMILES string of the molecule is CC(C)C1CCN(c2cc(Cl)ccc2CCN)C1. The highest BCUT2D eigenvalue weighted by Gasteiger charge is 2.26. The molecule has 1 heterocycles. The molecule has 0 aliphatic carbocycles. The fourth-order valence-electron chi connectivity index (χ4n) is 2.75. The van der Waals surface area contributed by atoms with Gasteiger partial charge in [0.15, 0.2) is 0 Å². The van der Waals surface area contributed by atoms with E-state index in [2.05, 4.69) is 30.9 Å². The van der Waals surface area contributed by atoms with Crippen LogP contribution in [0.25, 0.3) is 0 Å². The molecule has 0 aromatic heterocycles. The van der Waals surface area contributed by atoms with Crippen LogP contribution in [0, 0.1) is 11.8 Å². The Kier molecular flexibility index (Phi) is 4.52. The summed E-state index contributed by atoms with van der Waals surface area (Å²) in [5, 5.41) is 0.818. The summed E-state index contributed by atoms with van der Waals surface area (Å²) in [7, 11) is 0. The van der Waals surface area contributed by atoms with Crippen molar-refractivity contribution in [3.8, 4) is 0 Å². The number of nitrogens with zero attached hydrogens (tertiary/aromatic N) is 1. The molecule has 100 valence electrons. The zero-order chi connectivity index (χ0) is 13.1. The molecule has 1 aliphatic heterocycles. The molecule has 1 atom stereocenters. The van der Waals surface area contributed by atoms with Crippen molar-refractivity contribution in [3.05, 3.63) is 28.8 Å². The fraction of sp³-hybridized carbons (Fsp3) is 0.600. The van der Waals surface area contributed by atoms with E-state index in [1.165, 1.54) is 17.7 Å². The molecule has 2 nitrogen and oxygen atoms in total. The quantitative estimate of drug-likeness (QED) is 0.906. The third-order valence-corrected chi connectivity index (χ3v) is 4.20. The molecule has 0 radical (unpaired) electrons. The zero-order valence-corrected chi connectivity index (χ0v) is 12.1. The van der Waals surface area contributed by atoms with Crippen LogP contribution in [0.1, 0.15) is 25.8 Å². The van der Waals surface area contributed by atoms with Crippen LogP contribution in [0.2, 0.25) is 5.02 Å². The number of hydrogen-bond donors (Lipinski definition) is 1. The smallest absolute Gasteiger partial charge is 0.0426 e. The number of rotatable bonds is 4. The minimum absolute atomic E-state index is 0.691. The summed E-state index contributed by atoms with van der Waals surface area (Å²) in [5.74, 6) is 1.56. The van der Waals surface area contributed by atoms with Gasteiger partial charge in [0.05, 0.1) is 0 Å². The van der Waals surface area contributed by atoms with Crippen LogP contribution in [-0.4, -0.2) is 19.6 Å². The number of nitrogens with two attached hydrogens (primary N) is 1. The van der Waals surface area contributed by atoms with E-state index in [0.29, 0.717) is 6.54 Å². The first-order chi connectivity index (χ1) is 8.61. The molecule has 0 bridgehead atoms. The summed E-state index contributed by atoms with van der Waals surface area (Å²) in [5.41, 5.74) is 8.30. The molecule has 0 saturated carbocycles. The second-order valence-corrected chi connectivity index (χ2v) is 5.99. The highest BCUT2D eigenvalue weighted by atomic mass is 35.5. The molecule has 2 N–H and O–H groups in total. The van der Waals surface area contributed by atoms with Gasteiger partial charge in [-0.1, -0.05) is 31.5 Å². The van der Waals surface area contributed by atoms with Gasteiger partial charge >= 0.3 is 0 Å². The molecule has 1 saturated heterocycles. The minimum Gasteiger partial charge on any atom is -0.371 e. The van der Waals surface area contributed by atoms with Gasteiger partial charge in [-0.05, 0) is 48.9 Å². The summed E-state index contributed by atoms with van der Waals surface area (Å²) in [6.07, 6.45) is 2.21. The number of anilines is 1. The molecule has 2 rings (SSSR count). The predicted molar refractivity (Wildman–Crippen MR) is 79.4 cm³/mol. The molecule has 1 aromatic rings. The van der Waals surface area contributed by atoms with Crippen LogP contribution in [0.15, 0.2) is 18.2 Å². The Morgan fingerprint density at radius 1 is 1.44 bits per heavy atom. The van der Waals surface area contributed by atoms with Gasteiger partial charge in [0.2, 0.25) is 0 Å². The van der Waals surface area contributed by atoms with Crippen molar-refractivity contribution in [1.82, 2.24) is 0 Å². The van der Waals surface area contributed by atoms with Crippen LogP contribution in [0.4, 0.5) is 5.69 Å². The first-order valence-corrected chi connectivity index (χ1v) is 7.23. The van der Waals surface area contributed by atoms with Crippen molar-refractivity contribution >= 4 is 17.3 Å². The zero-order valence-electron chi connectivity index (χ0n) is 11.3. The molecule has 0 amide bonds. The number of hydrogen-bond acceptors (Lipinski definition) is 2. The van der Waals surface area contributed by atoms with Crippen LogP contribution < -0.4 is 10.6 Å². The molecule has 1 unspecified atom stereocenters. The van der Waals surface area contributed by atoms with E-state index < -0.39 is 0 Å². The molecule has 1 aromatic carbocycles. The topological polar surface area (TPSA) is 29.3 Å². The van der Waals surface area contributed by atoms with E-state index in [9.17, 15) is 0 Å². The van der Waals surface area contributed by atoms with Crippen molar-refractivity contribution < 1.29 is 0 Å². The highest BCUT2D eigenvalue weighted by molar-refractivity contribution is 6.30. The van der Waals surface area contributed by atoms with E-state index >= 15 is 0 Å². The summed E-state index contributed by atoms with van der Waals surface area (Å²) < 4.78 is 0. The lowest BCUT2D eigenvalue weighted by Crippen LogP contribution is -2.23. The van der Waals surface area contributed by atoms with Crippen LogP contribution >= 0.6 is 11.6 Å². The lowest BCUT2D eigenvalue weighted by molar-refractivity contribution is 0.422. The number of benzene rings is 1. The van der Waals surface area contributed by atoms with E-state index in [4.69, 9.17) is 17.3 Å². The number of halogens is 1. The Morgan fingerprint density at radius 3 is 2.83 bits per heavy atom. The molecular formula is C15H23ClN2. The Balaban J connectivity index is 2.19. The van der Waals surface area contributed by atoms with Gasteiger partial charge in [-0.2, -0.15) is 0 Å². The second-order valence-electron chi connectivity index (χ2n) is 5.55. The van der Waals surface area contributed by atoms with Crippen molar-refractivity contribution in [1.29, 1.82) is 0 Å². The molecule has 1 fully saturated rings. The molecule has 0 spiro atoms. The van der Waals surface area contributed by atoms with Crippen molar-refractivity contribution in [2.45, 2.75) is 26.7 Å². The van der Waals surface area contributed by atoms with Crippen molar-refractivity contribution in [2.75, 3.05) is 24.5 Å². The van der Waals surface area contributed by atoms with E-state index in [0.717, 1.165) is 36.4 Å². The Hall–Kier alpha value is -0.730. The normalized spacial score (nSPS) is 19.8. The van der Waals surface area contributed by atoms with E-state index in [1.807, 2.05) is 6.07 Å². The summed E-state index contributed by atoms with van der Waals surface area (Å²) in [6, 6.07) is 6.18. The van der Waals surface area contributed by atoms with Gasteiger partial charge in [-0.15, -0.1) is 0 Å². The van der Waals surface area contributed by atoms with E-state index in [-0.39, 0.29) is 0 Å². The average molecular weight is 267 g/mol. The Labute approximate surface area is 115 Å². The molecule has 1 aliphatic rings. The maximum Gasteiger partial charge on any atom is 0.0426 e. The Bertz CT molecular complexity index is 403. The third-order valence-electron chi connectivity index (χ3n) is 3.97. The van der Waals surface area contributed by atoms with Crippen LogP contribution in [0.3, 0.4) is 0 Å². The lowest BCUT2D eigenvalue weighted by atomic mass is 9.95. The lowest BCUT2D eigenvalue weighted by Gasteiger charge is -2.23. The highest BCUT2D eigenvalue weighted by Crippen LogP contribution is 2.32. The molecular weight excluding hydrogens is 244 g/mol. The van der Waals surface area contributed by atoms with Crippen molar-refractivity contribution in [2.24, 2.45) is 17.6 Å². The average Bonchev–Trinajstić information content (AvgIpc) is 2.81. The van der Waals surface area contributed by atoms with Gasteiger partial charge in [0, 0.05) is 23.8 Å². The summed E-state index contributed by atoms with van der Waals surface area (Å²) >= 11 is 6.14. The Morgan fingerprint density at radius 2 is 2.22 bits per heavy atom. The first-order valence-electron chi connectivity index (χ1n) is 6.85. The first kappa shape index (κ1) is 13.7. The van der Waals surface area contributed by atoms with Gasteiger partial charge in [0.25, 0.3) is 0 Å². The van der Waals surface area contributed by atoms with Crippen molar-refractivity contribution in [3.63, 3.8) is 0 Å². The molecule has 18 heavy (non-hydrogen) atoms. The molecule has 3 heteroatoms. The predicted octanol–water partition coefficient (Wildman–Crippen LogP) is 3.32. The maximum absolute atomic E-state index is 6.14. The largest absolute Gasteiger partial charge is 0.371 e. The monoisotopic (exact) mass is 266 g/mol. The van der Waals surface area contributed by atoms with E-state index in [1.54, 1.807) is 0 Å². The van der Waals surface area contributed by atoms with Gasteiger partial charge in [-0.25, -0.2) is 0 Å². The fourth-order valence-corrected chi connectivity index (χ4v) is 2.91. The summed E-state index contributed by atoms with van der Waals surface area (Å²) in [4.78, 5) is 2.47. The second kappa shape index (κ2) is 5.94. The minimum atomic E-state index is 0.691. The third kappa shape index (κ3) is 2.99. The summed E-state index contributed by atoms with van der Waals surface area (Å²) in [6.45, 7) is 7.60. The van der Waals surface area contributed by atoms with Gasteiger partial charge in [-0.3, -0.25) is 0 Å². The van der Waals surface area contributed by atoms with Crippen LogP contribution in [-0.2, 0) is 6.42 Å². The van der Waals surface area contributed by atoms with Gasteiger partial charge < -0.3 is 10.6 Å². The van der Waals surface area contributed by atoms with Crippen LogP contribution in [0.5, 0.6) is 0 Å². The standard InChI is InChI=1S/C15H23ClN2/c1-11(2)13-6-8-18(10-13)15-9-14(16)4-3-12(15)5-7-17/h3-4,9,11,13H,5-8,10,17H2,1-2H3.